The molecule has 4 rings (SSSR count). The van der Waals surface area contributed by atoms with Gasteiger partial charge in [-0.2, -0.15) is 0 Å². The van der Waals surface area contributed by atoms with Crippen LogP contribution in [0.4, 0.5) is 5.69 Å². The number of nitrogens with zero attached hydrogens (tertiary/aromatic N) is 1. The Kier molecular flexibility index (Phi) is 5.50. The summed E-state index contributed by atoms with van der Waals surface area (Å²) in [5, 5.41) is 6.17. The van der Waals surface area contributed by atoms with Crippen LogP contribution >= 0.6 is 11.6 Å². The summed E-state index contributed by atoms with van der Waals surface area (Å²) in [5.41, 5.74) is 2.09. The van der Waals surface area contributed by atoms with E-state index in [9.17, 15) is 9.59 Å². The van der Waals surface area contributed by atoms with Gasteiger partial charge in [-0.25, -0.2) is 0 Å². The van der Waals surface area contributed by atoms with Gasteiger partial charge in [0, 0.05) is 30.7 Å². The molecule has 0 bridgehead atoms. The number of anilines is 1. The molecule has 0 atom stereocenters. The van der Waals surface area contributed by atoms with Gasteiger partial charge in [0.15, 0.2) is 12.4 Å². The molecule has 146 valence electrons. The Morgan fingerprint density at radius 3 is 2.71 bits per heavy atom. The maximum atomic E-state index is 12.8. The highest BCUT2D eigenvalue weighted by Gasteiger charge is 2.26. The van der Waals surface area contributed by atoms with Crippen molar-refractivity contribution in [2.24, 2.45) is 0 Å². The lowest BCUT2D eigenvalue weighted by molar-refractivity contribution is -0.118. The van der Waals surface area contributed by atoms with Crippen molar-refractivity contribution in [1.82, 2.24) is 10.2 Å². The number of rotatable bonds is 4. The van der Waals surface area contributed by atoms with Crippen LogP contribution < -0.4 is 15.4 Å². The number of hydrogen-bond donors (Lipinski definition) is 2. The minimum Gasteiger partial charge on any atom is -0.481 e. The van der Waals surface area contributed by atoms with E-state index >= 15 is 0 Å². The van der Waals surface area contributed by atoms with Crippen molar-refractivity contribution in [2.45, 2.75) is 25.4 Å². The molecule has 28 heavy (non-hydrogen) atoms. The lowest BCUT2D eigenvalue weighted by Crippen LogP contribution is -2.44. The first-order valence-corrected chi connectivity index (χ1v) is 9.79. The lowest BCUT2D eigenvalue weighted by Gasteiger charge is -2.32. The summed E-state index contributed by atoms with van der Waals surface area (Å²) in [5.74, 6) is -0.105. The van der Waals surface area contributed by atoms with Gasteiger partial charge in [0.05, 0.1) is 11.3 Å². The highest BCUT2D eigenvalue weighted by atomic mass is 35.5. The van der Waals surface area contributed by atoms with E-state index in [4.69, 9.17) is 16.3 Å². The first-order chi connectivity index (χ1) is 13.6. The number of amides is 2. The standard InChI is InChI=1S/C21H22ClN3O3/c22-15-10-17(20-18(11-15)24-19(26)13-28-20)21(27)23-16-6-8-25(9-7-16)12-14-4-2-1-3-5-14/h1-5,10-11,16H,6-9,12-13H2,(H,23,27)(H,24,26). The van der Waals surface area contributed by atoms with E-state index < -0.39 is 0 Å². The topological polar surface area (TPSA) is 70.7 Å². The van der Waals surface area contributed by atoms with Crippen molar-refractivity contribution in [3.8, 4) is 5.75 Å². The van der Waals surface area contributed by atoms with Crippen LogP contribution in [0.1, 0.15) is 28.8 Å². The summed E-state index contributed by atoms with van der Waals surface area (Å²) < 4.78 is 5.48. The van der Waals surface area contributed by atoms with E-state index in [1.807, 2.05) is 6.07 Å². The van der Waals surface area contributed by atoms with Crippen LogP contribution in [0.2, 0.25) is 5.02 Å². The summed E-state index contributed by atoms with van der Waals surface area (Å²) in [6.45, 7) is 2.68. The minimum atomic E-state index is -0.257. The Labute approximate surface area is 168 Å². The van der Waals surface area contributed by atoms with Crippen molar-refractivity contribution in [3.63, 3.8) is 0 Å². The number of nitrogens with one attached hydrogen (secondary N) is 2. The monoisotopic (exact) mass is 399 g/mol. The van der Waals surface area contributed by atoms with E-state index in [1.165, 1.54) is 5.56 Å². The first-order valence-electron chi connectivity index (χ1n) is 9.42. The molecular weight excluding hydrogens is 378 g/mol. The number of carbonyl (C=O) groups is 2. The molecule has 1 saturated heterocycles. The van der Waals surface area contributed by atoms with Gasteiger partial charge in [-0.15, -0.1) is 0 Å². The largest absolute Gasteiger partial charge is 0.481 e. The fraction of sp³-hybridized carbons (Fsp3) is 0.333. The summed E-state index contributed by atoms with van der Waals surface area (Å²) in [7, 11) is 0. The molecule has 2 aliphatic rings. The number of benzene rings is 2. The first kappa shape index (κ1) is 18.8. The predicted molar refractivity (Wildman–Crippen MR) is 108 cm³/mol. The van der Waals surface area contributed by atoms with E-state index in [1.54, 1.807) is 12.1 Å². The molecule has 2 amide bonds. The second-order valence-corrected chi connectivity index (χ2v) is 7.61. The highest BCUT2D eigenvalue weighted by molar-refractivity contribution is 6.31. The zero-order valence-corrected chi connectivity index (χ0v) is 16.2. The van der Waals surface area contributed by atoms with Crippen LogP contribution in [0.25, 0.3) is 0 Å². The van der Waals surface area contributed by atoms with Gasteiger partial charge >= 0.3 is 0 Å². The van der Waals surface area contributed by atoms with Crippen LogP contribution in [0.3, 0.4) is 0 Å². The fourth-order valence-electron chi connectivity index (χ4n) is 3.67. The minimum absolute atomic E-state index is 0.104. The Balaban J connectivity index is 1.37. The zero-order chi connectivity index (χ0) is 19.5. The number of halogens is 1. The highest BCUT2D eigenvalue weighted by Crippen LogP contribution is 2.35. The second kappa shape index (κ2) is 8.20. The van der Waals surface area contributed by atoms with Crippen LogP contribution in [0, 0.1) is 0 Å². The van der Waals surface area contributed by atoms with Gasteiger partial charge < -0.3 is 15.4 Å². The summed E-state index contributed by atoms with van der Waals surface area (Å²) in [6, 6.07) is 13.7. The molecule has 2 N–H and O–H groups in total. The lowest BCUT2D eigenvalue weighted by atomic mass is 10.0. The molecule has 7 heteroatoms. The van der Waals surface area contributed by atoms with Gasteiger partial charge in [0.2, 0.25) is 0 Å². The number of ether oxygens (including phenoxy) is 1. The number of fused-ring (bicyclic) bond motifs is 1. The van der Waals surface area contributed by atoms with Crippen molar-refractivity contribution in [2.75, 3.05) is 25.0 Å². The molecule has 0 aliphatic carbocycles. The molecule has 1 fully saturated rings. The van der Waals surface area contributed by atoms with Crippen LogP contribution in [-0.2, 0) is 11.3 Å². The smallest absolute Gasteiger partial charge is 0.262 e. The summed E-state index contributed by atoms with van der Waals surface area (Å²) in [4.78, 5) is 26.7. The van der Waals surface area contributed by atoms with Gasteiger partial charge in [-0.3, -0.25) is 14.5 Å². The number of hydrogen-bond acceptors (Lipinski definition) is 4. The third-order valence-electron chi connectivity index (χ3n) is 5.09. The van der Waals surface area contributed by atoms with E-state index in [2.05, 4.69) is 39.8 Å². The van der Waals surface area contributed by atoms with E-state index in [0.29, 0.717) is 22.0 Å². The number of piperidine rings is 1. The average molecular weight is 400 g/mol. The van der Waals surface area contributed by atoms with Crippen molar-refractivity contribution < 1.29 is 14.3 Å². The SMILES string of the molecule is O=C1COc2c(cc(Cl)cc2C(=O)NC2CCN(Cc3ccccc3)CC2)N1. The molecule has 2 aromatic carbocycles. The Hall–Kier alpha value is -2.57. The van der Waals surface area contributed by atoms with Crippen LogP contribution in [-0.4, -0.2) is 42.5 Å². The van der Waals surface area contributed by atoms with Crippen LogP contribution in [0.15, 0.2) is 42.5 Å². The van der Waals surface area contributed by atoms with Crippen LogP contribution in [0.5, 0.6) is 5.75 Å². The molecule has 2 aromatic rings. The van der Waals surface area contributed by atoms with Gasteiger partial charge in [-0.05, 0) is 30.5 Å². The van der Waals surface area contributed by atoms with Gasteiger partial charge in [-0.1, -0.05) is 41.9 Å². The number of likely N-dealkylation sites (tertiary alicyclic amines) is 1. The Morgan fingerprint density at radius 1 is 1.21 bits per heavy atom. The summed E-state index contributed by atoms with van der Waals surface area (Å²) >= 11 is 6.12. The molecule has 0 aromatic heterocycles. The van der Waals surface area contributed by atoms with Gasteiger partial charge in [0.1, 0.15) is 0 Å². The third kappa shape index (κ3) is 4.29. The molecule has 6 nitrogen and oxygen atoms in total. The molecule has 2 heterocycles. The molecule has 0 unspecified atom stereocenters. The second-order valence-electron chi connectivity index (χ2n) is 7.18. The summed E-state index contributed by atoms with van der Waals surface area (Å²) in [6.07, 6.45) is 1.78. The van der Waals surface area contributed by atoms with Crippen molar-refractivity contribution >= 4 is 29.1 Å². The molecule has 2 aliphatic heterocycles. The number of carbonyl (C=O) groups excluding carboxylic acids is 2. The molecule has 0 saturated carbocycles. The van der Waals surface area contributed by atoms with Crippen molar-refractivity contribution in [1.29, 1.82) is 0 Å². The van der Waals surface area contributed by atoms with E-state index in [0.717, 1.165) is 32.5 Å². The predicted octanol–water partition coefficient (Wildman–Crippen LogP) is 3.07. The van der Waals surface area contributed by atoms with Crippen molar-refractivity contribution in [3.05, 3.63) is 58.6 Å². The zero-order valence-electron chi connectivity index (χ0n) is 15.4. The average Bonchev–Trinajstić information content (AvgIpc) is 2.69. The maximum absolute atomic E-state index is 12.8. The normalized spacial score (nSPS) is 17.4. The van der Waals surface area contributed by atoms with E-state index in [-0.39, 0.29) is 24.5 Å². The fourth-order valence-corrected chi connectivity index (χ4v) is 3.89. The third-order valence-corrected chi connectivity index (χ3v) is 5.31. The molecule has 0 radical (unpaired) electrons. The molecule has 0 spiro atoms. The Bertz CT molecular complexity index is 880. The van der Waals surface area contributed by atoms with Gasteiger partial charge in [0.25, 0.3) is 11.8 Å². The maximum Gasteiger partial charge on any atom is 0.262 e. The Morgan fingerprint density at radius 2 is 1.96 bits per heavy atom. The molecular formula is C21H22ClN3O3. The quantitative estimate of drug-likeness (QED) is 0.828.